The number of amides is 3. The molecule has 0 saturated carbocycles. The van der Waals surface area contributed by atoms with E-state index in [1.165, 1.54) is 12.1 Å². The van der Waals surface area contributed by atoms with Crippen LogP contribution in [0.3, 0.4) is 0 Å². The van der Waals surface area contributed by atoms with Gasteiger partial charge in [-0.3, -0.25) is 10.1 Å². The van der Waals surface area contributed by atoms with Gasteiger partial charge in [-0.15, -0.1) is 0 Å². The highest BCUT2D eigenvalue weighted by atomic mass is 35.5. The highest BCUT2D eigenvalue weighted by Crippen LogP contribution is 2.18. The molecule has 3 N–H and O–H groups in total. The maximum atomic E-state index is 13.1. The minimum absolute atomic E-state index is 0.0799. The summed E-state index contributed by atoms with van der Waals surface area (Å²) < 4.78 is 13.1. The monoisotopic (exact) mass is 216 g/mol. The third kappa shape index (κ3) is 2.20. The molecular formula is C8H6ClFN2O2. The lowest BCUT2D eigenvalue weighted by molar-refractivity contribution is 0.0962. The van der Waals surface area contributed by atoms with E-state index in [0.717, 1.165) is 6.07 Å². The summed E-state index contributed by atoms with van der Waals surface area (Å²) in [6.07, 6.45) is 0. The van der Waals surface area contributed by atoms with Crippen molar-refractivity contribution >= 4 is 23.5 Å². The normalized spacial score (nSPS) is 9.57. The van der Waals surface area contributed by atoms with Crippen molar-refractivity contribution in [1.29, 1.82) is 0 Å². The predicted molar refractivity (Wildman–Crippen MR) is 48.5 cm³/mol. The Hall–Kier alpha value is -1.62. The van der Waals surface area contributed by atoms with Gasteiger partial charge in [0.25, 0.3) is 5.91 Å². The van der Waals surface area contributed by atoms with E-state index in [1.807, 2.05) is 0 Å². The zero-order valence-corrected chi connectivity index (χ0v) is 7.64. The van der Waals surface area contributed by atoms with Crippen molar-refractivity contribution in [2.75, 3.05) is 0 Å². The fraction of sp³-hybridized carbons (Fsp3) is 0. The Morgan fingerprint density at radius 1 is 1.43 bits per heavy atom. The van der Waals surface area contributed by atoms with Crippen molar-refractivity contribution in [2.45, 2.75) is 0 Å². The molecule has 0 bridgehead atoms. The molecule has 0 atom stereocenters. The second kappa shape index (κ2) is 4.06. The Morgan fingerprint density at radius 2 is 2.07 bits per heavy atom. The van der Waals surface area contributed by atoms with E-state index in [4.69, 9.17) is 17.3 Å². The number of halogens is 2. The molecule has 0 radical (unpaired) electrons. The largest absolute Gasteiger partial charge is 0.351 e. The van der Waals surface area contributed by atoms with Crippen molar-refractivity contribution in [1.82, 2.24) is 5.32 Å². The summed E-state index contributed by atoms with van der Waals surface area (Å²) in [5.74, 6) is -1.77. The van der Waals surface area contributed by atoms with Gasteiger partial charge in [-0.2, -0.15) is 0 Å². The number of carbonyl (C=O) groups is 2. The van der Waals surface area contributed by atoms with Gasteiger partial charge in [0.15, 0.2) is 0 Å². The fourth-order valence-electron chi connectivity index (χ4n) is 0.889. The first-order chi connectivity index (χ1) is 6.52. The fourth-order valence-corrected chi connectivity index (χ4v) is 1.14. The Balaban J connectivity index is 3.06. The van der Waals surface area contributed by atoms with Gasteiger partial charge in [0.2, 0.25) is 0 Å². The number of hydrogen-bond acceptors (Lipinski definition) is 2. The van der Waals surface area contributed by atoms with Gasteiger partial charge in [-0.1, -0.05) is 17.7 Å². The third-order valence-corrected chi connectivity index (χ3v) is 1.74. The molecule has 1 aromatic carbocycles. The van der Waals surface area contributed by atoms with E-state index in [0.29, 0.717) is 0 Å². The first kappa shape index (κ1) is 10.5. The lowest BCUT2D eigenvalue weighted by atomic mass is 10.2. The summed E-state index contributed by atoms with van der Waals surface area (Å²) in [7, 11) is 0. The second-order valence-corrected chi connectivity index (χ2v) is 2.82. The van der Waals surface area contributed by atoms with Crippen LogP contribution in [-0.4, -0.2) is 11.9 Å². The van der Waals surface area contributed by atoms with Crippen molar-refractivity contribution in [3.8, 4) is 0 Å². The maximum absolute atomic E-state index is 13.1. The molecule has 1 rings (SSSR count). The van der Waals surface area contributed by atoms with Crippen LogP contribution in [0.2, 0.25) is 5.02 Å². The Labute approximate surface area is 83.8 Å². The summed E-state index contributed by atoms with van der Waals surface area (Å²) in [6.45, 7) is 0. The van der Waals surface area contributed by atoms with Crippen LogP contribution in [0, 0.1) is 5.82 Å². The molecule has 0 aromatic heterocycles. The number of nitrogens with two attached hydrogens (primary N) is 1. The van der Waals surface area contributed by atoms with Gasteiger partial charge in [0.05, 0.1) is 10.6 Å². The highest BCUT2D eigenvalue weighted by molar-refractivity contribution is 6.34. The molecule has 0 saturated heterocycles. The molecule has 3 amide bonds. The average Bonchev–Trinajstić information content (AvgIpc) is 2.01. The molecule has 0 fully saturated rings. The van der Waals surface area contributed by atoms with E-state index in [9.17, 15) is 14.0 Å². The van der Waals surface area contributed by atoms with Crippen LogP contribution >= 0.6 is 11.6 Å². The molecule has 74 valence electrons. The number of rotatable bonds is 1. The molecular weight excluding hydrogens is 211 g/mol. The van der Waals surface area contributed by atoms with Crippen molar-refractivity contribution in [2.24, 2.45) is 5.73 Å². The van der Waals surface area contributed by atoms with Gasteiger partial charge in [-0.25, -0.2) is 9.18 Å². The van der Waals surface area contributed by atoms with Crippen LogP contribution in [0.5, 0.6) is 0 Å². The Morgan fingerprint density at radius 3 is 2.57 bits per heavy atom. The Kier molecular flexibility index (Phi) is 3.03. The number of urea groups is 1. The molecule has 0 unspecified atom stereocenters. The quantitative estimate of drug-likeness (QED) is 0.743. The van der Waals surface area contributed by atoms with Crippen molar-refractivity contribution < 1.29 is 14.0 Å². The number of imide groups is 1. The molecule has 0 aliphatic carbocycles. The number of carbonyl (C=O) groups excluding carboxylic acids is 2. The second-order valence-electron chi connectivity index (χ2n) is 2.42. The van der Waals surface area contributed by atoms with E-state index in [2.05, 4.69) is 0 Å². The summed E-state index contributed by atoms with van der Waals surface area (Å²) in [5, 5.41) is 1.64. The van der Waals surface area contributed by atoms with Crippen LogP contribution in [0.25, 0.3) is 0 Å². The summed E-state index contributed by atoms with van der Waals surface area (Å²) in [4.78, 5) is 21.5. The van der Waals surface area contributed by atoms with E-state index in [-0.39, 0.29) is 5.02 Å². The predicted octanol–water partition coefficient (Wildman–Crippen LogP) is 1.29. The van der Waals surface area contributed by atoms with Gasteiger partial charge in [0.1, 0.15) is 5.82 Å². The van der Waals surface area contributed by atoms with E-state index in [1.54, 1.807) is 5.32 Å². The molecule has 0 heterocycles. The SMILES string of the molecule is NC(=O)NC(=O)c1c(F)cccc1Cl. The number of hydrogen-bond donors (Lipinski definition) is 2. The molecule has 4 nitrogen and oxygen atoms in total. The number of benzene rings is 1. The van der Waals surface area contributed by atoms with Crippen molar-refractivity contribution in [3.63, 3.8) is 0 Å². The summed E-state index contributed by atoms with van der Waals surface area (Å²) >= 11 is 5.55. The van der Waals surface area contributed by atoms with Gasteiger partial charge in [0, 0.05) is 0 Å². The molecule has 0 spiro atoms. The van der Waals surface area contributed by atoms with Crippen molar-refractivity contribution in [3.05, 3.63) is 34.6 Å². The standard InChI is InChI=1S/C8H6ClFN2O2/c9-4-2-1-3-5(10)6(4)7(13)12-8(11)14/h1-3H,(H3,11,12,13,14). The van der Waals surface area contributed by atoms with Crippen LogP contribution in [0.1, 0.15) is 10.4 Å². The zero-order valence-electron chi connectivity index (χ0n) is 6.88. The maximum Gasteiger partial charge on any atom is 0.319 e. The molecule has 0 aliphatic heterocycles. The Bertz CT molecular complexity index is 375. The van der Waals surface area contributed by atoms with Crippen LogP contribution in [-0.2, 0) is 0 Å². The highest BCUT2D eigenvalue weighted by Gasteiger charge is 2.16. The molecule has 6 heteroatoms. The average molecular weight is 217 g/mol. The van der Waals surface area contributed by atoms with Crippen LogP contribution < -0.4 is 11.1 Å². The van der Waals surface area contributed by atoms with Crippen LogP contribution in [0.15, 0.2) is 18.2 Å². The van der Waals surface area contributed by atoms with Crippen LogP contribution in [0.4, 0.5) is 9.18 Å². The number of primary amides is 1. The van der Waals surface area contributed by atoms with Gasteiger partial charge in [-0.05, 0) is 12.1 Å². The first-order valence-electron chi connectivity index (χ1n) is 3.57. The van der Waals surface area contributed by atoms with E-state index >= 15 is 0 Å². The minimum atomic E-state index is -1.06. The number of nitrogens with one attached hydrogen (secondary N) is 1. The lowest BCUT2D eigenvalue weighted by Crippen LogP contribution is -2.35. The van der Waals surface area contributed by atoms with Gasteiger partial charge >= 0.3 is 6.03 Å². The first-order valence-corrected chi connectivity index (χ1v) is 3.95. The van der Waals surface area contributed by atoms with Gasteiger partial charge < -0.3 is 5.73 Å². The molecule has 0 aliphatic rings. The van der Waals surface area contributed by atoms with E-state index < -0.39 is 23.3 Å². The lowest BCUT2D eigenvalue weighted by Gasteiger charge is -2.03. The zero-order chi connectivity index (χ0) is 10.7. The summed E-state index contributed by atoms with van der Waals surface area (Å²) in [6, 6.07) is 2.68. The topological polar surface area (TPSA) is 72.2 Å². The molecule has 1 aromatic rings. The molecule has 14 heavy (non-hydrogen) atoms. The smallest absolute Gasteiger partial charge is 0.319 e. The third-order valence-electron chi connectivity index (χ3n) is 1.43. The summed E-state index contributed by atoms with van der Waals surface area (Å²) in [5.41, 5.74) is 4.30. The minimum Gasteiger partial charge on any atom is -0.351 e.